The number of carbonyl (C=O) groups excluding carboxylic acids is 2. The molecule has 3 rings (SSSR count). The van der Waals surface area contributed by atoms with Crippen molar-refractivity contribution in [3.8, 4) is 6.07 Å². The molecule has 2 amide bonds. The molecule has 0 aliphatic rings. The van der Waals surface area contributed by atoms with E-state index in [2.05, 4.69) is 15.6 Å². The van der Waals surface area contributed by atoms with E-state index in [0.717, 1.165) is 10.8 Å². The number of nitrogens with one attached hydrogen (secondary N) is 2. The van der Waals surface area contributed by atoms with Gasteiger partial charge in [0.15, 0.2) is 5.13 Å². The van der Waals surface area contributed by atoms with Crippen LogP contribution in [0.1, 0.15) is 22.8 Å². The molecule has 0 bridgehead atoms. The quantitative estimate of drug-likeness (QED) is 0.752. The standard InChI is InChI=1S/C17H11FN4O2S/c1-9(23)20-11-3-5-14-15(7-11)25-17(21-14)22-16(24)12-4-2-10(8-19)6-13(12)18/h2-7H,1H3,(H,20,23)(H,21,22,24). The first kappa shape index (κ1) is 16.5. The molecule has 2 N–H and O–H groups in total. The summed E-state index contributed by atoms with van der Waals surface area (Å²) in [6.45, 7) is 1.41. The summed E-state index contributed by atoms with van der Waals surface area (Å²) in [6.07, 6.45) is 0. The SMILES string of the molecule is CC(=O)Nc1ccc2nc(NC(=O)c3ccc(C#N)cc3F)sc2c1. The van der Waals surface area contributed by atoms with Crippen LogP contribution >= 0.6 is 11.3 Å². The van der Waals surface area contributed by atoms with Gasteiger partial charge >= 0.3 is 0 Å². The fourth-order valence-electron chi connectivity index (χ4n) is 2.19. The van der Waals surface area contributed by atoms with E-state index in [9.17, 15) is 14.0 Å². The number of benzene rings is 2. The lowest BCUT2D eigenvalue weighted by molar-refractivity contribution is -0.114. The number of rotatable bonds is 3. The van der Waals surface area contributed by atoms with E-state index in [-0.39, 0.29) is 17.0 Å². The van der Waals surface area contributed by atoms with Gasteiger partial charge in [0.25, 0.3) is 5.91 Å². The summed E-state index contributed by atoms with van der Waals surface area (Å²) >= 11 is 1.21. The molecule has 25 heavy (non-hydrogen) atoms. The smallest absolute Gasteiger partial charge is 0.260 e. The molecule has 0 spiro atoms. The normalized spacial score (nSPS) is 10.3. The number of carbonyl (C=O) groups is 2. The summed E-state index contributed by atoms with van der Waals surface area (Å²) in [5.41, 5.74) is 1.24. The lowest BCUT2D eigenvalue weighted by Crippen LogP contribution is -2.13. The summed E-state index contributed by atoms with van der Waals surface area (Å²) in [4.78, 5) is 27.6. The van der Waals surface area contributed by atoms with Crippen molar-refractivity contribution in [3.63, 3.8) is 0 Å². The second-order valence-electron chi connectivity index (χ2n) is 5.14. The van der Waals surface area contributed by atoms with E-state index >= 15 is 0 Å². The van der Waals surface area contributed by atoms with Crippen LogP contribution in [-0.2, 0) is 4.79 Å². The van der Waals surface area contributed by atoms with E-state index < -0.39 is 11.7 Å². The summed E-state index contributed by atoms with van der Waals surface area (Å²) < 4.78 is 14.7. The maximum Gasteiger partial charge on any atom is 0.260 e. The molecule has 3 aromatic rings. The van der Waals surface area contributed by atoms with E-state index in [0.29, 0.717) is 16.3 Å². The average Bonchev–Trinajstić information content (AvgIpc) is 2.95. The van der Waals surface area contributed by atoms with Crippen LogP contribution in [0.5, 0.6) is 0 Å². The Morgan fingerprint density at radius 2 is 2.00 bits per heavy atom. The second kappa shape index (κ2) is 6.67. The number of nitriles is 1. The van der Waals surface area contributed by atoms with Crippen molar-refractivity contribution >= 4 is 44.2 Å². The Morgan fingerprint density at radius 1 is 1.20 bits per heavy atom. The molecule has 0 aliphatic carbocycles. The van der Waals surface area contributed by atoms with E-state index in [1.54, 1.807) is 18.2 Å². The van der Waals surface area contributed by atoms with Crippen molar-refractivity contribution in [1.29, 1.82) is 5.26 Å². The van der Waals surface area contributed by atoms with Crippen LogP contribution in [0.3, 0.4) is 0 Å². The maximum absolute atomic E-state index is 13.9. The Kier molecular flexibility index (Phi) is 4.41. The molecule has 2 aromatic carbocycles. The molecule has 1 aromatic heterocycles. The molecule has 0 fully saturated rings. The lowest BCUT2D eigenvalue weighted by atomic mass is 10.1. The van der Waals surface area contributed by atoms with Crippen LogP contribution < -0.4 is 10.6 Å². The number of nitrogens with zero attached hydrogens (tertiary/aromatic N) is 2. The van der Waals surface area contributed by atoms with Gasteiger partial charge < -0.3 is 5.32 Å². The van der Waals surface area contributed by atoms with Gasteiger partial charge in [-0.05, 0) is 36.4 Å². The number of hydrogen-bond acceptors (Lipinski definition) is 5. The van der Waals surface area contributed by atoms with Gasteiger partial charge in [0.1, 0.15) is 5.82 Å². The second-order valence-corrected chi connectivity index (χ2v) is 6.17. The van der Waals surface area contributed by atoms with Crippen LogP contribution in [0.2, 0.25) is 0 Å². The summed E-state index contributed by atoms with van der Waals surface area (Å²) in [6, 6.07) is 10.6. The predicted molar refractivity (Wildman–Crippen MR) is 93.0 cm³/mol. The molecule has 0 unspecified atom stereocenters. The molecule has 0 saturated carbocycles. The van der Waals surface area contributed by atoms with Crippen molar-refractivity contribution < 1.29 is 14.0 Å². The van der Waals surface area contributed by atoms with E-state index in [1.165, 1.54) is 30.4 Å². The lowest BCUT2D eigenvalue weighted by Gasteiger charge is -2.03. The van der Waals surface area contributed by atoms with Gasteiger partial charge in [-0.2, -0.15) is 5.26 Å². The average molecular weight is 354 g/mol. The van der Waals surface area contributed by atoms with Crippen molar-refractivity contribution in [2.45, 2.75) is 6.92 Å². The van der Waals surface area contributed by atoms with Crippen LogP contribution in [0, 0.1) is 17.1 Å². The molecule has 0 saturated heterocycles. The Morgan fingerprint density at radius 3 is 2.68 bits per heavy atom. The van der Waals surface area contributed by atoms with Crippen molar-refractivity contribution in [1.82, 2.24) is 4.98 Å². The fraction of sp³-hybridized carbons (Fsp3) is 0.0588. The minimum atomic E-state index is -0.773. The zero-order valence-electron chi connectivity index (χ0n) is 13.0. The fourth-order valence-corrected chi connectivity index (χ4v) is 3.09. The topological polar surface area (TPSA) is 94.9 Å². The number of fused-ring (bicyclic) bond motifs is 1. The first-order chi connectivity index (χ1) is 12.0. The zero-order chi connectivity index (χ0) is 18.0. The third-order valence-electron chi connectivity index (χ3n) is 3.27. The largest absolute Gasteiger partial charge is 0.326 e. The van der Waals surface area contributed by atoms with E-state index in [1.807, 2.05) is 6.07 Å². The Balaban J connectivity index is 1.84. The Hall–Kier alpha value is -3.31. The first-order valence-corrected chi connectivity index (χ1v) is 7.97. The van der Waals surface area contributed by atoms with Gasteiger partial charge in [-0.3, -0.25) is 14.9 Å². The summed E-state index contributed by atoms with van der Waals surface area (Å²) in [7, 11) is 0. The highest BCUT2D eigenvalue weighted by molar-refractivity contribution is 7.22. The van der Waals surface area contributed by atoms with Gasteiger partial charge in [-0.25, -0.2) is 9.37 Å². The number of aromatic nitrogens is 1. The zero-order valence-corrected chi connectivity index (χ0v) is 13.8. The molecule has 8 heteroatoms. The van der Waals surface area contributed by atoms with Crippen LogP contribution in [0.4, 0.5) is 15.2 Å². The van der Waals surface area contributed by atoms with Gasteiger partial charge in [0, 0.05) is 12.6 Å². The summed E-state index contributed by atoms with van der Waals surface area (Å²) in [5.74, 6) is -1.61. The highest BCUT2D eigenvalue weighted by Gasteiger charge is 2.15. The molecule has 0 aliphatic heterocycles. The number of hydrogen-bond donors (Lipinski definition) is 2. The van der Waals surface area contributed by atoms with Gasteiger partial charge in [0.05, 0.1) is 27.4 Å². The molecule has 124 valence electrons. The third-order valence-corrected chi connectivity index (χ3v) is 4.21. The number of anilines is 2. The van der Waals surface area contributed by atoms with Crippen LogP contribution in [-0.4, -0.2) is 16.8 Å². The Labute approximate surface area is 145 Å². The van der Waals surface area contributed by atoms with Gasteiger partial charge in [-0.1, -0.05) is 11.3 Å². The molecular weight excluding hydrogens is 343 g/mol. The monoisotopic (exact) mass is 354 g/mol. The molecule has 6 nitrogen and oxygen atoms in total. The van der Waals surface area contributed by atoms with Crippen molar-refractivity contribution in [2.75, 3.05) is 10.6 Å². The maximum atomic E-state index is 13.9. The van der Waals surface area contributed by atoms with Gasteiger partial charge in [0.2, 0.25) is 5.91 Å². The Bertz CT molecular complexity index is 1040. The third kappa shape index (κ3) is 3.62. The number of thiazole rings is 1. The van der Waals surface area contributed by atoms with Crippen LogP contribution in [0.15, 0.2) is 36.4 Å². The highest BCUT2D eigenvalue weighted by Crippen LogP contribution is 2.29. The van der Waals surface area contributed by atoms with Crippen LogP contribution in [0.25, 0.3) is 10.2 Å². The number of amides is 2. The van der Waals surface area contributed by atoms with E-state index in [4.69, 9.17) is 5.26 Å². The predicted octanol–water partition coefficient (Wildman–Crippen LogP) is 3.52. The minimum absolute atomic E-state index is 0.138. The van der Waals surface area contributed by atoms with Crippen molar-refractivity contribution in [2.24, 2.45) is 0 Å². The molecular formula is C17H11FN4O2S. The first-order valence-electron chi connectivity index (χ1n) is 7.15. The molecule has 0 radical (unpaired) electrons. The molecule has 0 atom stereocenters. The van der Waals surface area contributed by atoms with Gasteiger partial charge in [-0.15, -0.1) is 0 Å². The van der Waals surface area contributed by atoms with Crippen molar-refractivity contribution in [3.05, 3.63) is 53.3 Å². The number of halogens is 1. The molecule has 1 heterocycles. The minimum Gasteiger partial charge on any atom is -0.326 e. The summed E-state index contributed by atoms with van der Waals surface area (Å²) in [5, 5.41) is 14.3. The highest BCUT2D eigenvalue weighted by atomic mass is 32.1.